The monoisotopic (exact) mass is 200 g/mol. The first-order chi connectivity index (χ1) is 7.40. The Morgan fingerprint density at radius 2 is 1.53 bits per heavy atom. The van der Waals surface area contributed by atoms with E-state index in [1.807, 2.05) is 12.1 Å². The van der Waals surface area contributed by atoms with Crippen LogP contribution in [0.3, 0.4) is 0 Å². The highest BCUT2D eigenvalue weighted by Gasteiger charge is 2.09. The zero-order valence-corrected chi connectivity index (χ0v) is 8.95. The Kier molecular flexibility index (Phi) is 3.24. The van der Waals surface area contributed by atoms with Crippen molar-refractivity contribution < 1.29 is 0 Å². The average Bonchev–Trinajstić information content (AvgIpc) is 2.58. The van der Waals surface area contributed by atoms with Crippen molar-refractivity contribution in [2.24, 2.45) is 0 Å². The second kappa shape index (κ2) is 4.84. The minimum Gasteiger partial charge on any atom is -0.372 e. The molecule has 0 aliphatic carbocycles. The van der Waals surface area contributed by atoms with Gasteiger partial charge < -0.3 is 4.90 Å². The quantitative estimate of drug-likeness (QED) is 0.628. The van der Waals surface area contributed by atoms with Gasteiger partial charge in [-0.3, -0.25) is 0 Å². The molecule has 1 heterocycles. The van der Waals surface area contributed by atoms with Crippen molar-refractivity contribution in [2.45, 2.75) is 25.7 Å². The predicted molar refractivity (Wildman–Crippen MR) is 63.4 cm³/mol. The van der Waals surface area contributed by atoms with E-state index in [-0.39, 0.29) is 0 Å². The van der Waals surface area contributed by atoms with Crippen LogP contribution in [-0.4, -0.2) is 13.1 Å². The maximum atomic E-state index is 6.90. The standard InChI is InChI=1S/C13H16N2/c1-14-12-6-8-13(9-7-12)15-10-4-2-3-5-11-15/h6-9H,2-5,10-11H2. The van der Waals surface area contributed by atoms with Gasteiger partial charge in [-0.15, -0.1) is 0 Å². The topological polar surface area (TPSA) is 7.60 Å². The molecule has 0 bridgehead atoms. The number of hydrogen-bond donors (Lipinski definition) is 0. The Hall–Kier alpha value is -1.49. The second-order valence-electron chi connectivity index (χ2n) is 4.03. The first kappa shape index (κ1) is 10.0. The van der Waals surface area contributed by atoms with Crippen LogP contribution in [0.25, 0.3) is 4.85 Å². The molecule has 78 valence electrons. The lowest BCUT2D eigenvalue weighted by Gasteiger charge is -2.22. The minimum atomic E-state index is 0.730. The highest BCUT2D eigenvalue weighted by Crippen LogP contribution is 2.22. The van der Waals surface area contributed by atoms with E-state index in [4.69, 9.17) is 6.57 Å². The SMILES string of the molecule is [C-]#[N+]c1ccc(N2CCCCCC2)cc1. The number of nitrogens with zero attached hydrogens (tertiary/aromatic N) is 2. The van der Waals surface area contributed by atoms with Gasteiger partial charge in [-0.25, -0.2) is 4.85 Å². The number of anilines is 1. The lowest BCUT2D eigenvalue weighted by Crippen LogP contribution is -2.23. The summed E-state index contributed by atoms with van der Waals surface area (Å²) in [6, 6.07) is 7.96. The average molecular weight is 200 g/mol. The minimum absolute atomic E-state index is 0.730. The summed E-state index contributed by atoms with van der Waals surface area (Å²) >= 11 is 0. The molecule has 0 N–H and O–H groups in total. The van der Waals surface area contributed by atoms with E-state index in [9.17, 15) is 0 Å². The maximum absolute atomic E-state index is 6.90. The van der Waals surface area contributed by atoms with Crippen LogP contribution < -0.4 is 4.90 Å². The molecular formula is C13H16N2. The summed E-state index contributed by atoms with van der Waals surface area (Å²) in [7, 11) is 0. The van der Waals surface area contributed by atoms with E-state index < -0.39 is 0 Å². The molecule has 0 unspecified atom stereocenters. The van der Waals surface area contributed by atoms with Crippen molar-refractivity contribution in [3.05, 3.63) is 35.7 Å². The van der Waals surface area contributed by atoms with Crippen molar-refractivity contribution in [2.75, 3.05) is 18.0 Å². The Morgan fingerprint density at radius 1 is 0.933 bits per heavy atom. The molecule has 0 spiro atoms. The Balaban J connectivity index is 2.10. The molecule has 0 saturated carbocycles. The van der Waals surface area contributed by atoms with Crippen LogP contribution >= 0.6 is 0 Å². The third-order valence-electron chi connectivity index (χ3n) is 2.95. The summed E-state index contributed by atoms with van der Waals surface area (Å²) in [5.41, 5.74) is 2.00. The van der Waals surface area contributed by atoms with Crippen molar-refractivity contribution in [1.82, 2.24) is 0 Å². The molecule has 2 heteroatoms. The molecule has 0 aromatic heterocycles. The highest BCUT2D eigenvalue weighted by atomic mass is 15.1. The molecule has 0 atom stereocenters. The number of benzene rings is 1. The summed E-state index contributed by atoms with van der Waals surface area (Å²) in [4.78, 5) is 5.84. The largest absolute Gasteiger partial charge is 0.372 e. The van der Waals surface area contributed by atoms with Gasteiger partial charge in [0.2, 0.25) is 0 Å². The van der Waals surface area contributed by atoms with Crippen molar-refractivity contribution >= 4 is 11.4 Å². The highest BCUT2D eigenvalue weighted by molar-refractivity contribution is 5.55. The van der Waals surface area contributed by atoms with Crippen LogP contribution in [-0.2, 0) is 0 Å². The zero-order chi connectivity index (χ0) is 10.5. The molecule has 1 aromatic carbocycles. The smallest absolute Gasteiger partial charge is 0.187 e. The number of rotatable bonds is 1. The van der Waals surface area contributed by atoms with Gasteiger partial charge in [-0.05, 0) is 25.0 Å². The van der Waals surface area contributed by atoms with E-state index in [0.717, 1.165) is 18.8 Å². The van der Waals surface area contributed by atoms with E-state index in [1.54, 1.807) is 0 Å². The summed E-state index contributed by atoms with van der Waals surface area (Å²) < 4.78 is 0. The summed E-state index contributed by atoms with van der Waals surface area (Å²) in [6.07, 6.45) is 5.31. The zero-order valence-electron chi connectivity index (χ0n) is 8.95. The van der Waals surface area contributed by atoms with Crippen LogP contribution in [0.2, 0.25) is 0 Å². The molecular weight excluding hydrogens is 184 g/mol. The van der Waals surface area contributed by atoms with Crippen molar-refractivity contribution in [3.8, 4) is 0 Å². The first-order valence-electron chi connectivity index (χ1n) is 5.62. The molecule has 0 amide bonds. The van der Waals surface area contributed by atoms with Gasteiger partial charge in [0, 0.05) is 18.8 Å². The normalized spacial score (nSPS) is 16.9. The van der Waals surface area contributed by atoms with Crippen LogP contribution in [0.4, 0.5) is 11.4 Å². The van der Waals surface area contributed by atoms with Crippen molar-refractivity contribution in [1.29, 1.82) is 0 Å². The Labute approximate surface area is 91.3 Å². The fraction of sp³-hybridized carbons (Fsp3) is 0.462. The number of hydrogen-bond acceptors (Lipinski definition) is 1. The van der Waals surface area contributed by atoms with Crippen LogP contribution in [0.1, 0.15) is 25.7 Å². The Bertz CT molecular complexity index is 340. The molecule has 2 rings (SSSR count). The summed E-state index contributed by atoms with van der Waals surface area (Å²) in [5, 5.41) is 0. The molecule has 1 saturated heterocycles. The maximum Gasteiger partial charge on any atom is 0.187 e. The van der Waals surface area contributed by atoms with E-state index in [0.29, 0.717) is 0 Å². The summed E-state index contributed by atoms with van der Waals surface area (Å²) in [6.45, 7) is 9.23. The van der Waals surface area contributed by atoms with Gasteiger partial charge in [0.15, 0.2) is 5.69 Å². The van der Waals surface area contributed by atoms with Gasteiger partial charge in [-0.2, -0.15) is 0 Å². The molecule has 0 radical (unpaired) electrons. The van der Waals surface area contributed by atoms with Gasteiger partial charge in [0.1, 0.15) is 0 Å². The predicted octanol–water partition coefficient (Wildman–Crippen LogP) is 3.62. The van der Waals surface area contributed by atoms with E-state index >= 15 is 0 Å². The molecule has 1 aliphatic rings. The fourth-order valence-corrected chi connectivity index (χ4v) is 2.07. The van der Waals surface area contributed by atoms with Gasteiger partial charge in [0.25, 0.3) is 0 Å². The van der Waals surface area contributed by atoms with Crippen LogP contribution in [0.15, 0.2) is 24.3 Å². The van der Waals surface area contributed by atoms with Gasteiger partial charge in [0.05, 0.1) is 6.57 Å². The first-order valence-corrected chi connectivity index (χ1v) is 5.62. The molecule has 2 nitrogen and oxygen atoms in total. The molecule has 1 aromatic rings. The summed E-state index contributed by atoms with van der Waals surface area (Å²) in [5.74, 6) is 0. The second-order valence-corrected chi connectivity index (χ2v) is 4.03. The lowest BCUT2D eigenvalue weighted by molar-refractivity contribution is 0.726. The van der Waals surface area contributed by atoms with Crippen LogP contribution in [0, 0.1) is 6.57 Å². The van der Waals surface area contributed by atoms with Gasteiger partial charge in [-0.1, -0.05) is 25.0 Å². The molecule has 1 fully saturated rings. The Morgan fingerprint density at radius 3 is 2.07 bits per heavy atom. The van der Waals surface area contributed by atoms with E-state index in [2.05, 4.69) is 21.9 Å². The molecule has 1 aliphatic heterocycles. The van der Waals surface area contributed by atoms with Gasteiger partial charge >= 0.3 is 0 Å². The third-order valence-corrected chi connectivity index (χ3v) is 2.95. The van der Waals surface area contributed by atoms with Crippen molar-refractivity contribution in [3.63, 3.8) is 0 Å². The van der Waals surface area contributed by atoms with Crippen LogP contribution in [0.5, 0.6) is 0 Å². The lowest BCUT2D eigenvalue weighted by atomic mass is 10.2. The fourth-order valence-electron chi connectivity index (χ4n) is 2.07. The van der Waals surface area contributed by atoms with E-state index in [1.165, 1.54) is 31.4 Å². The molecule has 15 heavy (non-hydrogen) atoms. The third kappa shape index (κ3) is 2.50.